The molecule has 0 saturated carbocycles. The summed E-state index contributed by atoms with van der Waals surface area (Å²) in [5, 5.41) is 21.1. The number of aryl methyl sites for hydroxylation is 1. The number of nitrogens with zero attached hydrogens (tertiary/aromatic N) is 3. The molecule has 1 amide bonds. The SMILES string of the molecule is C=NNc1ccc(Nc2nnc(-c3ccc4cc(C(=O)NC(C)C)sc4c3)s2)cc1C. The van der Waals surface area contributed by atoms with E-state index >= 15 is 0 Å². The van der Waals surface area contributed by atoms with E-state index in [0.29, 0.717) is 10.0 Å². The van der Waals surface area contributed by atoms with Gasteiger partial charge in [0.25, 0.3) is 5.91 Å². The molecular formula is C22H22N6OS2. The Morgan fingerprint density at radius 1 is 1.10 bits per heavy atom. The van der Waals surface area contributed by atoms with Gasteiger partial charge in [-0.3, -0.25) is 10.2 Å². The van der Waals surface area contributed by atoms with Crippen molar-refractivity contribution in [1.82, 2.24) is 15.5 Å². The molecule has 0 aliphatic carbocycles. The molecule has 2 aromatic heterocycles. The fourth-order valence-corrected chi connectivity index (χ4v) is 4.84. The average molecular weight is 451 g/mol. The largest absolute Gasteiger partial charge is 0.349 e. The maximum atomic E-state index is 12.3. The van der Waals surface area contributed by atoms with E-state index in [-0.39, 0.29) is 11.9 Å². The minimum atomic E-state index is -0.0412. The molecule has 2 heterocycles. The van der Waals surface area contributed by atoms with Crippen molar-refractivity contribution in [2.24, 2.45) is 5.10 Å². The van der Waals surface area contributed by atoms with Crippen molar-refractivity contribution >= 4 is 61.9 Å². The summed E-state index contributed by atoms with van der Waals surface area (Å²) in [6.45, 7) is 9.35. The molecule has 0 fully saturated rings. The van der Waals surface area contributed by atoms with Crippen LogP contribution in [-0.2, 0) is 0 Å². The van der Waals surface area contributed by atoms with E-state index in [4.69, 9.17) is 0 Å². The van der Waals surface area contributed by atoms with E-state index in [0.717, 1.165) is 37.6 Å². The number of rotatable bonds is 7. The highest BCUT2D eigenvalue weighted by atomic mass is 32.1. The van der Waals surface area contributed by atoms with Crippen molar-refractivity contribution < 1.29 is 4.79 Å². The van der Waals surface area contributed by atoms with Crippen molar-refractivity contribution in [1.29, 1.82) is 0 Å². The normalized spacial score (nSPS) is 11.0. The molecule has 0 aliphatic rings. The van der Waals surface area contributed by atoms with Gasteiger partial charge in [-0.1, -0.05) is 23.5 Å². The van der Waals surface area contributed by atoms with Crippen LogP contribution in [0.5, 0.6) is 0 Å². The van der Waals surface area contributed by atoms with Gasteiger partial charge in [0.15, 0.2) is 0 Å². The van der Waals surface area contributed by atoms with Gasteiger partial charge in [0, 0.05) is 28.7 Å². The fourth-order valence-electron chi connectivity index (χ4n) is 3.08. The molecule has 0 unspecified atom stereocenters. The summed E-state index contributed by atoms with van der Waals surface area (Å²) in [5.41, 5.74) is 6.71. The topological polar surface area (TPSA) is 91.3 Å². The lowest BCUT2D eigenvalue weighted by Gasteiger charge is -2.07. The molecule has 4 rings (SSSR count). The van der Waals surface area contributed by atoms with E-state index in [1.807, 2.05) is 57.2 Å². The Bertz CT molecular complexity index is 1260. The molecule has 0 bridgehead atoms. The Hall–Kier alpha value is -3.30. The first-order valence-electron chi connectivity index (χ1n) is 9.70. The van der Waals surface area contributed by atoms with Crippen LogP contribution in [0.15, 0.2) is 47.6 Å². The maximum absolute atomic E-state index is 12.3. The minimum absolute atomic E-state index is 0.0412. The quantitative estimate of drug-likeness (QED) is 0.250. The predicted octanol–water partition coefficient (Wildman–Crippen LogP) is 5.64. The van der Waals surface area contributed by atoms with E-state index in [1.54, 1.807) is 0 Å². The van der Waals surface area contributed by atoms with Gasteiger partial charge in [0.05, 0.1) is 10.6 Å². The number of anilines is 3. The standard InChI is InChI=1S/C22H22N6OS2/c1-12(2)24-20(29)19-10-14-5-6-15(11-18(14)30-19)21-27-28-22(31-21)25-16-7-8-17(26-23-4)13(3)9-16/h5-12,26H,4H2,1-3H3,(H,24,29)(H,25,28). The molecule has 31 heavy (non-hydrogen) atoms. The van der Waals surface area contributed by atoms with Crippen LogP contribution in [0, 0.1) is 6.92 Å². The predicted molar refractivity (Wildman–Crippen MR) is 131 cm³/mol. The molecule has 2 aromatic carbocycles. The summed E-state index contributed by atoms with van der Waals surface area (Å²) in [6.07, 6.45) is 0. The van der Waals surface area contributed by atoms with Crippen LogP contribution in [0.2, 0.25) is 0 Å². The van der Waals surface area contributed by atoms with Gasteiger partial charge in [-0.25, -0.2) is 0 Å². The highest BCUT2D eigenvalue weighted by molar-refractivity contribution is 7.21. The van der Waals surface area contributed by atoms with Crippen LogP contribution >= 0.6 is 22.7 Å². The molecule has 0 radical (unpaired) electrons. The van der Waals surface area contributed by atoms with Gasteiger partial charge in [-0.15, -0.1) is 21.5 Å². The lowest BCUT2D eigenvalue weighted by Crippen LogP contribution is -2.29. The monoisotopic (exact) mass is 450 g/mol. The summed E-state index contributed by atoms with van der Waals surface area (Å²) in [4.78, 5) is 13.0. The highest BCUT2D eigenvalue weighted by Gasteiger charge is 2.13. The van der Waals surface area contributed by atoms with E-state index in [1.165, 1.54) is 22.7 Å². The second-order valence-electron chi connectivity index (χ2n) is 7.33. The highest BCUT2D eigenvalue weighted by Crippen LogP contribution is 2.34. The van der Waals surface area contributed by atoms with E-state index in [2.05, 4.69) is 44.1 Å². The second kappa shape index (κ2) is 8.83. The summed E-state index contributed by atoms with van der Waals surface area (Å²) in [5.74, 6) is -0.0412. The fraction of sp³-hybridized carbons (Fsp3) is 0.182. The Balaban J connectivity index is 1.53. The van der Waals surface area contributed by atoms with Gasteiger partial charge >= 0.3 is 0 Å². The molecule has 7 nitrogen and oxygen atoms in total. The number of hydrogen-bond donors (Lipinski definition) is 3. The summed E-state index contributed by atoms with van der Waals surface area (Å²) in [7, 11) is 0. The number of aromatic nitrogens is 2. The first-order valence-corrected chi connectivity index (χ1v) is 11.3. The molecule has 0 atom stereocenters. The molecule has 0 spiro atoms. The van der Waals surface area contributed by atoms with Crippen LogP contribution in [0.25, 0.3) is 20.7 Å². The minimum Gasteiger partial charge on any atom is -0.349 e. The van der Waals surface area contributed by atoms with E-state index in [9.17, 15) is 4.79 Å². The van der Waals surface area contributed by atoms with Gasteiger partial charge in [0.1, 0.15) is 5.01 Å². The molecule has 4 aromatic rings. The van der Waals surface area contributed by atoms with Crippen molar-refractivity contribution in [3.8, 4) is 10.6 Å². The zero-order valence-electron chi connectivity index (χ0n) is 17.4. The number of benzene rings is 2. The molecule has 9 heteroatoms. The number of carbonyl (C=O) groups excluding carboxylic acids is 1. The number of amides is 1. The number of nitrogens with one attached hydrogen (secondary N) is 3. The molecule has 0 aliphatic heterocycles. The van der Waals surface area contributed by atoms with Gasteiger partial charge < -0.3 is 10.6 Å². The third-order valence-electron chi connectivity index (χ3n) is 4.51. The summed E-state index contributed by atoms with van der Waals surface area (Å²) >= 11 is 2.96. The average Bonchev–Trinajstić information content (AvgIpc) is 3.36. The molecule has 158 valence electrons. The van der Waals surface area contributed by atoms with Crippen LogP contribution < -0.4 is 16.1 Å². The van der Waals surface area contributed by atoms with Crippen molar-refractivity contribution in [3.63, 3.8) is 0 Å². The molecule has 0 saturated heterocycles. The number of hydrogen-bond acceptors (Lipinski definition) is 8. The van der Waals surface area contributed by atoms with E-state index < -0.39 is 0 Å². The summed E-state index contributed by atoms with van der Waals surface area (Å²) in [6, 6.07) is 14.0. The zero-order chi connectivity index (χ0) is 22.0. The Morgan fingerprint density at radius 3 is 2.68 bits per heavy atom. The first kappa shape index (κ1) is 21.0. The maximum Gasteiger partial charge on any atom is 0.261 e. The van der Waals surface area contributed by atoms with Gasteiger partial charge in [-0.2, -0.15) is 5.10 Å². The lowest BCUT2D eigenvalue weighted by molar-refractivity contribution is 0.0947. The number of thiophene rings is 1. The van der Waals surface area contributed by atoms with Gasteiger partial charge in [0.2, 0.25) is 5.13 Å². The number of fused-ring (bicyclic) bond motifs is 1. The van der Waals surface area contributed by atoms with Crippen LogP contribution in [0.4, 0.5) is 16.5 Å². The molecule has 3 N–H and O–H groups in total. The lowest BCUT2D eigenvalue weighted by atomic mass is 10.2. The van der Waals surface area contributed by atoms with Crippen molar-refractivity contribution in [2.45, 2.75) is 26.8 Å². The molecular weight excluding hydrogens is 428 g/mol. The zero-order valence-corrected chi connectivity index (χ0v) is 19.0. The Labute approximate surface area is 188 Å². The van der Waals surface area contributed by atoms with Gasteiger partial charge in [-0.05, 0) is 62.1 Å². The smallest absolute Gasteiger partial charge is 0.261 e. The third kappa shape index (κ3) is 4.73. The van der Waals surface area contributed by atoms with Crippen LogP contribution in [-0.4, -0.2) is 28.9 Å². The van der Waals surface area contributed by atoms with Crippen LogP contribution in [0.3, 0.4) is 0 Å². The Morgan fingerprint density at radius 2 is 1.94 bits per heavy atom. The number of hydrazone groups is 1. The van der Waals surface area contributed by atoms with Crippen LogP contribution in [0.1, 0.15) is 29.1 Å². The number of carbonyl (C=O) groups is 1. The van der Waals surface area contributed by atoms with Crippen molar-refractivity contribution in [2.75, 3.05) is 10.7 Å². The van der Waals surface area contributed by atoms with Crippen molar-refractivity contribution in [3.05, 3.63) is 52.9 Å². The third-order valence-corrected chi connectivity index (χ3v) is 6.50. The second-order valence-corrected chi connectivity index (χ2v) is 9.39. The first-order chi connectivity index (χ1) is 14.9. The Kier molecular flexibility index (Phi) is 5.97. The summed E-state index contributed by atoms with van der Waals surface area (Å²) < 4.78 is 1.05.